The SMILES string of the molecule is CN1CC(Nc2cc(F)ccc2[N+](=O)[O-])CCC1=O. The summed E-state index contributed by atoms with van der Waals surface area (Å²) in [5.74, 6) is -0.486. The highest BCUT2D eigenvalue weighted by Crippen LogP contribution is 2.27. The third-order valence-corrected chi connectivity index (χ3v) is 3.14. The van der Waals surface area contributed by atoms with Crippen LogP contribution in [0.15, 0.2) is 18.2 Å². The number of likely N-dealkylation sites (tertiary alicyclic amines) is 1. The van der Waals surface area contributed by atoms with E-state index < -0.39 is 10.7 Å². The van der Waals surface area contributed by atoms with E-state index in [2.05, 4.69) is 5.32 Å². The molecule has 1 aliphatic rings. The van der Waals surface area contributed by atoms with Gasteiger partial charge in [-0.05, 0) is 12.5 Å². The number of carbonyl (C=O) groups is 1. The van der Waals surface area contributed by atoms with Crippen molar-refractivity contribution in [2.45, 2.75) is 18.9 Å². The molecule has 0 saturated carbocycles. The average Bonchev–Trinajstić information content (AvgIpc) is 2.33. The zero-order valence-electron chi connectivity index (χ0n) is 10.4. The van der Waals surface area contributed by atoms with Gasteiger partial charge in [-0.1, -0.05) is 0 Å². The number of nitro benzene ring substituents is 1. The van der Waals surface area contributed by atoms with Crippen LogP contribution in [0.4, 0.5) is 15.8 Å². The Bertz CT molecular complexity index is 521. The fraction of sp³-hybridized carbons (Fsp3) is 0.417. The van der Waals surface area contributed by atoms with Crippen molar-refractivity contribution in [2.75, 3.05) is 18.9 Å². The first-order valence-corrected chi connectivity index (χ1v) is 5.92. The number of likely N-dealkylation sites (N-methyl/N-ethyl adjacent to an activating group) is 1. The van der Waals surface area contributed by atoms with Gasteiger partial charge in [-0.3, -0.25) is 14.9 Å². The van der Waals surface area contributed by atoms with E-state index in [1.807, 2.05) is 0 Å². The summed E-state index contributed by atoms with van der Waals surface area (Å²) in [6.07, 6.45) is 0.966. The number of carbonyl (C=O) groups excluding carboxylic acids is 1. The van der Waals surface area contributed by atoms with Crippen LogP contribution in [0.1, 0.15) is 12.8 Å². The molecule has 1 saturated heterocycles. The minimum absolute atomic E-state index is 0.0480. The Hall–Kier alpha value is -2.18. The summed E-state index contributed by atoms with van der Waals surface area (Å²) in [5.41, 5.74) is -0.0151. The summed E-state index contributed by atoms with van der Waals surface area (Å²) in [4.78, 5) is 23.2. The number of amides is 1. The van der Waals surface area contributed by atoms with Crippen molar-refractivity contribution in [3.8, 4) is 0 Å². The minimum Gasteiger partial charge on any atom is -0.375 e. The topological polar surface area (TPSA) is 75.5 Å². The number of nitrogens with zero attached hydrogens (tertiary/aromatic N) is 2. The first kappa shape index (κ1) is 13.3. The van der Waals surface area contributed by atoms with Crippen molar-refractivity contribution in [1.29, 1.82) is 0 Å². The fourth-order valence-electron chi connectivity index (χ4n) is 2.13. The van der Waals surface area contributed by atoms with Gasteiger partial charge in [0.15, 0.2) is 0 Å². The molecule has 102 valence electrons. The number of hydrogen-bond acceptors (Lipinski definition) is 4. The normalized spacial score (nSPS) is 19.4. The third kappa shape index (κ3) is 2.98. The summed E-state index contributed by atoms with van der Waals surface area (Å²) in [7, 11) is 1.68. The van der Waals surface area contributed by atoms with Crippen LogP contribution in [0.2, 0.25) is 0 Å². The maximum absolute atomic E-state index is 13.2. The second-order valence-corrected chi connectivity index (χ2v) is 4.57. The van der Waals surface area contributed by atoms with Crippen molar-refractivity contribution in [3.05, 3.63) is 34.1 Å². The number of rotatable bonds is 3. The third-order valence-electron chi connectivity index (χ3n) is 3.14. The average molecular weight is 267 g/mol. The largest absolute Gasteiger partial charge is 0.375 e. The Kier molecular flexibility index (Phi) is 3.64. The van der Waals surface area contributed by atoms with Gasteiger partial charge < -0.3 is 10.2 Å². The molecule has 1 aromatic rings. The molecular formula is C12H14FN3O3. The van der Waals surface area contributed by atoms with Crippen LogP contribution in [0.25, 0.3) is 0 Å². The van der Waals surface area contributed by atoms with Crippen LogP contribution in [-0.4, -0.2) is 35.4 Å². The number of hydrogen-bond donors (Lipinski definition) is 1. The van der Waals surface area contributed by atoms with Crippen molar-refractivity contribution < 1.29 is 14.1 Å². The lowest BCUT2D eigenvalue weighted by atomic mass is 10.1. The Morgan fingerprint density at radius 3 is 2.89 bits per heavy atom. The predicted molar refractivity (Wildman–Crippen MR) is 67.3 cm³/mol. The lowest BCUT2D eigenvalue weighted by Gasteiger charge is -2.30. The molecule has 0 spiro atoms. The van der Waals surface area contributed by atoms with E-state index in [1.165, 1.54) is 0 Å². The van der Waals surface area contributed by atoms with Gasteiger partial charge in [-0.25, -0.2) is 4.39 Å². The molecule has 1 heterocycles. The fourth-order valence-corrected chi connectivity index (χ4v) is 2.13. The Morgan fingerprint density at radius 1 is 1.53 bits per heavy atom. The van der Waals surface area contributed by atoms with E-state index in [0.717, 1.165) is 18.2 Å². The summed E-state index contributed by atoms with van der Waals surface area (Å²) in [5, 5.41) is 13.8. The number of piperidine rings is 1. The highest BCUT2D eigenvalue weighted by molar-refractivity contribution is 5.77. The van der Waals surface area contributed by atoms with Crippen LogP contribution in [0, 0.1) is 15.9 Å². The Balaban J connectivity index is 2.16. The summed E-state index contributed by atoms with van der Waals surface area (Å²) in [6.45, 7) is 0.451. The Morgan fingerprint density at radius 2 is 2.26 bits per heavy atom. The maximum Gasteiger partial charge on any atom is 0.292 e. The molecule has 1 atom stereocenters. The maximum atomic E-state index is 13.2. The quantitative estimate of drug-likeness (QED) is 0.669. The molecule has 0 bridgehead atoms. The molecule has 1 unspecified atom stereocenters. The lowest BCUT2D eigenvalue weighted by molar-refractivity contribution is -0.384. The molecule has 7 heteroatoms. The van der Waals surface area contributed by atoms with E-state index in [-0.39, 0.29) is 23.3 Å². The number of benzene rings is 1. The second-order valence-electron chi connectivity index (χ2n) is 4.57. The van der Waals surface area contributed by atoms with Gasteiger partial charge in [-0.2, -0.15) is 0 Å². The standard InChI is InChI=1S/C12H14FN3O3/c1-15-7-9(3-5-12(15)17)14-10-6-8(13)2-4-11(10)16(18)19/h2,4,6,9,14H,3,5,7H2,1H3. The molecular weight excluding hydrogens is 253 g/mol. The molecule has 6 nitrogen and oxygen atoms in total. The first-order chi connectivity index (χ1) is 8.97. The molecule has 1 amide bonds. The highest BCUT2D eigenvalue weighted by atomic mass is 19.1. The van der Waals surface area contributed by atoms with Crippen molar-refractivity contribution in [2.24, 2.45) is 0 Å². The first-order valence-electron chi connectivity index (χ1n) is 5.92. The summed E-state index contributed by atoms with van der Waals surface area (Å²) < 4.78 is 13.2. The van der Waals surface area contributed by atoms with Crippen LogP contribution >= 0.6 is 0 Å². The van der Waals surface area contributed by atoms with E-state index in [4.69, 9.17) is 0 Å². The second kappa shape index (κ2) is 5.21. The molecule has 2 rings (SSSR count). The van der Waals surface area contributed by atoms with Gasteiger partial charge in [-0.15, -0.1) is 0 Å². The lowest BCUT2D eigenvalue weighted by Crippen LogP contribution is -2.43. The highest BCUT2D eigenvalue weighted by Gasteiger charge is 2.25. The van der Waals surface area contributed by atoms with Crippen molar-refractivity contribution in [1.82, 2.24) is 4.90 Å². The van der Waals surface area contributed by atoms with Gasteiger partial charge >= 0.3 is 0 Å². The van der Waals surface area contributed by atoms with Gasteiger partial charge in [0.05, 0.1) is 4.92 Å². The molecule has 1 aliphatic heterocycles. The van der Waals surface area contributed by atoms with Gasteiger partial charge in [0, 0.05) is 38.2 Å². The molecule has 19 heavy (non-hydrogen) atoms. The molecule has 0 aliphatic carbocycles. The smallest absolute Gasteiger partial charge is 0.292 e. The monoisotopic (exact) mass is 267 g/mol. The molecule has 0 aromatic heterocycles. The molecule has 1 aromatic carbocycles. The number of nitro groups is 1. The minimum atomic E-state index is -0.556. The van der Waals surface area contributed by atoms with E-state index >= 15 is 0 Å². The van der Waals surface area contributed by atoms with Crippen LogP contribution in [0.3, 0.4) is 0 Å². The van der Waals surface area contributed by atoms with Crippen LogP contribution < -0.4 is 5.32 Å². The molecule has 0 radical (unpaired) electrons. The van der Waals surface area contributed by atoms with Crippen LogP contribution in [0.5, 0.6) is 0 Å². The summed E-state index contributed by atoms with van der Waals surface area (Å²) in [6, 6.07) is 3.19. The number of anilines is 1. The zero-order valence-corrected chi connectivity index (χ0v) is 10.4. The van der Waals surface area contributed by atoms with E-state index in [0.29, 0.717) is 19.4 Å². The Labute approximate surface area is 109 Å². The van der Waals surface area contributed by atoms with E-state index in [1.54, 1.807) is 11.9 Å². The molecule has 1 N–H and O–H groups in total. The van der Waals surface area contributed by atoms with Crippen molar-refractivity contribution >= 4 is 17.3 Å². The molecule has 1 fully saturated rings. The van der Waals surface area contributed by atoms with Gasteiger partial charge in [0.25, 0.3) is 5.69 Å². The number of halogens is 1. The predicted octanol–water partition coefficient (Wildman–Crippen LogP) is 1.77. The van der Waals surface area contributed by atoms with Gasteiger partial charge in [0.1, 0.15) is 11.5 Å². The summed E-state index contributed by atoms with van der Waals surface area (Å²) >= 11 is 0. The van der Waals surface area contributed by atoms with E-state index in [9.17, 15) is 19.3 Å². The number of nitrogens with one attached hydrogen (secondary N) is 1. The van der Waals surface area contributed by atoms with Gasteiger partial charge in [0.2, 0.25) is 5.91 Å². The van der Waals surface area contributed by atoms with Crippen LogP contribution in [-0.2, 0) is 4.79 Å². The zero-order chi connectivity index (χ0) is 14.0. The van der Waals surface area contributed by atoms with Crippen molar-refractivity contribution in [3.63, 3.8) is 0 Å².